The van der Waals surface area contributed by atoms with Crippen molar-refractivity contribution >= 4 is 23.6 Å². The van der Waals surface area contributed by atoms with Crippen molar-refractivity contribution in [1.82, 2.24) is 15.1 Å². The fourth-order valence-corrected chi connectivity index (χ4v) is 6.17. The SMILES string of the molecule is O=C(NC1CCN(Cc2ccccc2)CC1)C(CSCc1ccccc1)N1Cc2ccccc2C1=O. The average Bonchev–Trinajstić information content (AvgIpc) is 3.25. The number of hydrogen-bond acceptors (Lipinski definition) is 4. The van der Waals surface area contributed by atoms with Gasteiger partial charge in [-0.05, 0) is 35.6 Å². The van der Waals surface area contributed by atoms with Gasteiger partial charge in [0.1, 0.15) is 6.04 Å². The number of carbonyl (C=O) groups is 2. The standard InChI is InChI=1S/C30H33N3O2S/c34-29(31-26-15-17-32(18-16-26)19-23-9-3-1-4-10-23)28(22-36-21-24-11-5-2-6-12-24)33-20-25-13-7-8-14-27(25)30(33)35/h1-14,26,28H,15-22H2,(H,31,34). The van der Waals surface area contributed by atoms with E-state index < -0.39 is 6.04 Å². The van der Waals surface area contributed by atoms with E-state index in [9.17, 15) is 9.59 Å². The lowest BCUT2D eigenvalue weighted by Gasteiger charge is -2.34. The second kappa shape index (κ2) is 11.8. The van der Waals surface area contributed by atoms with E-state index in [4.69, 9.17) is 0 Å². The van der Waals surface area contributed by atoms with Crippen LogP contribution in [0, 0.1) is 0 Å². The summed E-state index contributed by atoms with van der Waals surface area (Å²) in [4.78, 5) is 31.0. The van der Waals surface area contributed by atoms with Crippen molar-refractivity contribution in [1.29, 1.82) is 0 Å². The van der Waals surface area contributed by atoms with Crippen LogP contribution in [0.5, 0.6) is 0 Å². The Morgan fingerprint density at radius 2 is 1.53 bits per heavy atom. The van der Waals surface area contributed by atoms with Crippen molar-refractivity contribution in [2.75, 3.05) is 18.8 Å². The number of fused-ring (bicyclic) bond motifs is 1. The summed E-state index contributed by atoms with van der Waals surface area (Å²) < 4.78 is 0. The van der Waals surface area contributed by atoms with Gasteiger partial charge in [-0.3, -0.25) is 14.5 Å². The molecule has 0 aromatic heterocycles. The Morgan fingerprint density at radius 3 is 2.22 bits per heavy atom. The normalized spacial score (nSPS) is 17.1. The summed E-state index contributed by atoms with van der Waals surface area (Å²) in [7, 11) is 0. The molecule has 3 aromatic rings. The molecule has 2 heterocycles. The van der Waals surface area contributed by atoms with Crippen LogP contribution < -0.4 is 5.32 Å². The average molecular weight is 500 g/mol. The molecule has 6 heteroatoms. The molecule has 0 radical (unpaired) electrons. The molecule has 0 spiro atoms. The molecule has 3 aromatic carbocycles. The van der Waals surface area contributed by atoms with E-state index in [1.54, 1.807) is 16.7 Å². The first-order chi connectivity index (χ1) is 17.7. The summed E-state index contributed by atoms with van der Waals surface area (Å²) in [6.07, 6.45) is 1.85. The number of carbonyl (C=O) groups excluding carboxylic acids is 2. The Balaban J connectivity index is 1.20. The third-order valence-corrected chi connectivity index (χ3v) is 8.19. The molecule has 1 atom stereocenters. The second-order valence-corrected chi connectivity index (χ2v) is 10.7. The van der Waals surface area contributed by atoms with Gasteiger partial charge in [-0.25, -0.2) is 0 Å². The summed E-state index contributed by atoms with van der Waals surface area (Å²) in [6.45, 7) is 3.36. The molecule has 1 fully saturated rings. The highest BCUT2D eigenvalue weighted by Crippen LogP contribution is 2.27. The van der Waals surface area contributed by atoms with Gasteiger partial charge in [-0.1, -0.05) is 78.9 Å². The van der Waals surface area contributed by atoms with Crippen molar-refractivity contribution in [3.63, 3.8) is 0 Å². The molecule has 0 saturated carbocycles. The monoisotopic (exact) mass is 499 g/mol. The fourth-order valence-electron chi connectivity index (χ4n) is 5.07. The molecule has 5 rings (SSSR count). The Morgan fingerprint density at radius 1 is 0.889 bits per heavy atom. The lowest BCUT2D eigenvalue weighted by molar-refractivity contribution is -0.126. The molecule has 2 aliphatic heterocycles. The van der Waals surface area contributed by atoms with Gasteiger partial charge < -0.3 is 10.2 Å². The molecule has 1 N–H and O–H groups in total. The van der Waals surface area contributed by atoms with E-state index in [0.717, 1.165) is 49.4 Å². The van der Waals surface area contributed by atoms with Crippen LogP contribution in [-0.4, -0.2) is 52.5 Å². The first-order valence-electron chi connectivity index (χ1n) is 12.7. The number of nitrogens with zero attached hydrogens (tertiary/aromatic N) is 2. The van der Waals surface area contributed by atoms with Gasteiger partial charge in [0.05, 0.1) is 0 Å². The van der Waals surface area contributed by atoms with Crippen LogP contribution in [0.3, 0.4) is 0 Å². The largest absolute Gasteiger partial charge is 0.351 e. The second-order valence-electron chi connectivity index (χ2n) is 9.65. The third kappa shape index (κ3) is 6.00. The van der Waals surface area contributed by atoms with Gasteiger partial charge in [-0.2, -0.15) is 11.8 Å². The Hall–Kier alpha value is -3.09. The number of likely N-dealkylation sites (tertiary alicyclic amines) is 1. The summed E-state index contributed by atoms with van der Waals surface area (Å²) in [5.74, 6) is 1.33. The van der Waals surface area contributed by atoms with Gasteiger partial charge in [-0.15, -0.1) is 0 Å². The van der Waals surface area contributed by atoms with Crippen LogP contribution in [0.2, 0.25) is 0 Å². The summed E-state index contributed by atoms with van der Waals surface area (Å²) >= 11 is 1.71. The molecule has 0 bridgehead atoms. The molecule has 1 saturated heterocycles. The molecular formula is C30H33N3O2S. The molecule has 2 aliphatic rings. The van der Waals surface area contributed by atoms with E-state index in [2.05, 4.69) is 46.6 Å². The summed E-state index contributed by atoms with van der Waals surface area (Å²) in [6, 6.07) is 28.2. The molecule has 36 heavy (non-hydrogen) atoms. The predicted molar refractivity (Wildman–Crippen MR) is 146 cm³/mol. The van der Waals surface area contributed by atoms with Crippen LogP contribution in [0.15, 0.2) is 84.9 Å². The first kappa shape index (κ1) is 24.6. The minimum atomic E-state index is -0.485. The minimum Gasteiger partial charge on any atom is -0.351 e. The first-order valence-corrected chi connectivity index (χ1v) is 13.9. The number of rotatable bonds is 9. The summed E-state index contributed by atoms with van der Waals surface area (Å²) in [5.41, 5.74) is 4.27. The van der Waals surface area contributed by atoms with Gasteiger partial charge in [0.15, 0.2) is 0 Å². The molecule has 1 unspecified atom stereocenters. The van der Waals surface area contributed by atoms with Crippen molar-refractivity contribution in [3.8, 4) is 0 Å². The number of thioether (sulfide) groups is 1. The van der Waals surface area contributed by atoms with Crippen molar-refractivity contribution in [3.05, 3.63) is 107 Å². The predicted octanol–water partition coefficient (Wildman–Crippen LogP) is 4.73. The molecule has 5 nitrogen and oxygen atoms in total. The van der Waals surface area contributed by atoms with E-state index >= 15 is 0 Å². The van der Waals surface area contributed by atoms with Gasteiger partial charge in [0.25, 0.3) is 5.91 Å². The topological polar surface area (TPSA) is 52.7 Å². The molecular weight excluding hydrogens is 466 g/mol. The van der Waals surface area contributed by atoms with E-state index in [1.165, 1.54) is 11.1 Å². The molecule has 186 valence electrons. The smallest absolute Gasteiger partial charge is 0.255 e. The van der Waals surface area contributed by atoms with Crippen molar-refractivity contribution in [2.45, 2.75) is 43.8 Å². The van der Waals surface area contributed by atoms with Gasteiger partial charge >= 0.3 is 0 Å². The zero-order valence-electron chi connectivity index (χ0n) is 20.5. The van der Waals surface area contributed by atoms with Crippen molar-refractivity contribution < 1.29 is 9.59 Å². The van der Waals surface area contributed by atoms with Gasteiger partial charge in [0, 0.05) is 49.3 Å². The quantitative estimate of drug-likeness (QED) is 0.463. The molecule has 0 aliphatic carbocycles. The summed E-state index contributed by atoms with van der Waals surface area (Å²) in [5, 5.41) is 3.30. The number of benzene rings is 3. The highest BCUT2D eigenvalue weighted by molar-refractivity contribution is 7.98. The maximum absolute atomic E-state index is 13.6. The number of hydrogen-bond donors (Lipinski definition) is 1. The van der Waals surface area contributed by atoms with Crippen molar-refractivity contribution in [2.24, 2.45) is 0 Å². The lowest BCUT2D eigenvalue weighted by Crippen LogP contribution is -2.53. The maximum Gasteiger partial charge on any atom is 0.255 e. The van der Waals surface area contributed by atoms with Crippen LogP contribution in [0.4, 0.5) is 0 Å². The highest BCUT2D eigenvalue weighted by Gasteiger charge is 2.37. The van der Waals surface area contributed by atoms with E-state index in [1.807, 2.05) is 48.5 Å². The number of nitrogens with one attached hydrogen (secondary N) is 1. The van der Waals surface area contributed by atoms with Gasteiger partial charge in [0.2, 0.25) is 5.91 Å². The Labute approximate surface area is 217 Å². The Bertz CT molecular complexity index is 1160. The highest BCUT2D eigenvalue weighted by atomic mass is 32.2. The van der Waals surface area contributed by atoms with Crippen LogP contribution >= 0.6 is 11.8 Å². The van der Waals surface area contributed by atoms with Crippen LogP contribution in [-0.2, 0) is 23.6 Å². The maximum atomic E-state index is 13.6. The number of piperidine rings is 1. The minimum absolute atomic E-state index is 0.0294. The lowest BCUT2D eigenvalue weighted by atomic mass is 10.0. The third-order valence-electron chi connectivity index (χ3n) is 7.10. The Kier molecular flexibility index (Phi) is 8.04. The fraction of sp³-hybridized carbons (Fsp3) is 0.333. The molecule has 2 amide bonds. The number of amides is 2. The van der Waals surface area contributed by atoms with Crippen LogP contribution in [0.25, 0.3) is 0 Å². The van der Waals surface area contributed by atoms with Crippen LogP contribution in [0.1, 0.15) is 39.9 Å². The zero-order chi connectivity index (χ0) is 24.7. The van der Waals surface area contributed by atoms with E-state index in [0.29, 0.717) is 12.3 Å². The zero-order valence-corrected chi connectivity index (χ0v) is 21.3. The van der Waals surface area contributed by atoms with E-state index in [-0.39, 0.29) is 17.9 Å².